The van der Waals surface area contributed by atoms with E-state index in [0.717, 1.165) is 4.46 Å². The Morgan fingerprint density at radius 1 is 1.15 bits per heavy atom. The van der Waals surface area contributed by atoms with Gasteiger partial charge < -0.3 is 0 Å². The molecule has 0 saturated carbocycles. The van der Waals surface area contributed by atoms with Crippen LogP contribution in [0.1, 0.15) is 11.6 Å². The standard InChI is InChI=1S/C18H15N3O5Se/c1-11-19-13(8-24-11)15-20-14(9-25-15)16-21-18(10-26-16,17(22)23-2)27-12-6-4-3-5-7-12/h3-9H,10H2,1-2H3. The van der Waals surface area contributed by atoms with Gasteiger partial charge >= 0.3 is 160 Å². The monoisotopic (exact) mass is 433 g/mol. The van der Waals surface area contributed by atoms with Gasteiger partial charge in [-0.25, -0.2) is 0 Å². The molecular weight excluding hydrogens is 417 g/mol. The number of carbonyl (C=O) groups is 1. The van der Waals surface area contributed by atoms with E-state index in [1.165, 1.54) is 19.6 Å². The third kappa shape index (κ3) is 3.39. The first kappa shape index (κ1) is 17.5. The van der Waals surface area contributed by atoms with Crippen LogP contribution in [0.15, 0.2) is 56.7 Å². The van der Waals surface area contributed by atoms with Crippen LogP contribution in [0, 0.1) is 6.92 Å². The summed E-state index contributed by atoms with van der Waals surface area (Å²) in [7, 11) is 1.35. The Balaban J connectivity index is 1.65. The van der Waals surface area contributed by atoms with Gasteiger partial charge in [-0.2, -0.15) is 0 Å². The first-order valence-electron chi connectivity index (χ1n) is 8.03. The van der Waals surface area contributed by atoms with E-state index in [4.69, 9.17) is 18.3 Å². The molecule has 0 spiro atoms. The number of aliphatic imine (C=N–C) groups is 1. The van der Waals surface area contributed by atoms with Crippen LogP contribution in [0.5, 0.6) is 0 Å². The number of nitrogens with zero attached hydrogens (tertiary/aromatic N) is 3. The van der Waals surface area contributed by atoms with Crippen molar-refractivity contribution < 1.29 is 23.1 Å². The summed E-state index contributed by atoms with van der Waals surface area (Å²) in [6.45, 7) is 1.82. The number of hydrogen-bond acceptors (Lipinski definition) is 8. The fourth-order valence-electron chi connectivity index (χ4n) is 2.52. The van der Waals surface area contributed by atoms with E-state index in [2.05, 4.69) is 15.0 Å². The molecule has 8 nitrogen and oxygen atoms in total. The molecule has 27 heavy (non-hydrogen) atoms. The van der Waals surface area contributed by atoms with Crippen molar-refractivity contribution in [3.05, 3.63) is 54.4 Å². The Morgan fingerprint density at radius 2 is 1.93 bits per heavy atom. The van der Waals surface area contributed by atoms with Gasteiger partial charge in [0.05, 0.1) is 0 Å². The van der Waals surface area contributed by atoms with Gasteiger partial charge in [0, 0.05) is 0 Å². The topological polar surface area (TPSA) is 100.0 Å². The zero-order valence-corrected chi connectivity index (χ0v) is 16.3. The van der Waals surface area contributed by atoms with Crippen LogP contribution in [0.2, 0.25) is 0 Å². The summed E-state index contributed by atoms with van der Waals surface area (Å²) < 4.78 is 21.2. The third-order valence-corrected chi connectivity index (χ3v) is 6.34. The van der Waals surface area contributed by atoms with Gasteiger partial charge in [-0.15, -0.1) is 0 Å². The van der Waals surface area contributed by atoms with E-state index >= 15 is 0 Å². The van der Waals surface area contributed by atoms with Crippen molar-refractivity contribution in [1.82, 2.24) is 9.97 Å². The molecule has 0 amide bonds. The van der Waals surface area contributed by atoms with Crippen LogP contribution >= 0.6 is 0 Å². The van der Waals surface area contributed by atoms with Crippen molar-refractivity contribution in [2.45, 2.75) is 11.4 Å². The van der Waals surface area contributed by atoms with Gasteiger partial charge in [0.1, 0.15) is 0 Å². The molecule has 9 heteroatoms. The second-order valence-corrected chi connectivity index (χ2v) is 8.52. The molecule has 0 N–H and O–H groups in total. The number of rotatable bonds is 5. The maximum absolute atomic E-state index is 12.5. The molecule has 0 aliphatic carbocycles. The first-order valence-corrected chi connectivity index (χ1v) is 9.74. The minimum atomic E-state index is -1.10. The Morgan fingerprint density at radius 3 is 2.63 bits per heavy atom. The number of oxazole rings is 2. The molecular formula is C18H15N3O5Se. The van der Waals surface area contributed by atoms with E-state index in [1.54, 1.807) is 6.92 Å². The number of ether oxygens (including phenoxy) is 2. The molecule has 138 valence electrons. The zero-order chi connectivity index (χ0) is 18.9. The summed E-state index contributed by atoms with van der Waals surface area (Å²) in [5.74, 6) is 0.609. The molecule has 4 rings (SSSR count). The zero-order valence-electron chi connectivity index (χ0n) is 14.5. The number of methoxy groups -OCH3 is 1. The van der Waals surface area contributed by atoms with E-state index in [1.807, 2.05) is 30.3 Å². The minimum absolute atomic E-state index is 0.0924. The fourth-order valence-corrected chi connectivity index (χ4v) is 4.82. The van der Waals surface area contributed by atoms with Crippen molar-refractivity contribution in [3.8, 4) is 11.6 Å². The number of aromatic nitrogens is 2. The summed E-state index contributed by atoms with van der Waals surface area (Å²) in [6, 6.07) is 9.68. The van der Waals surface area contributed by atoms with Crippen LogP contribution in [0.25, 0.3) is 11.6 Å². The normalized spacial score (nSPS) is 18.8. The first-order chi connectivity index (χ1) is 13.1. The van der Waals surface area contributed by atoms with Gasteiger partial charge in [0.15, 0.2) is 0 Å². The Bertz CT molecular complexity index is 997. The van der Waals surface area contributed by atoms with Gasteiger partial charge in [0.2, 0.25) is 0 Å². The number of carbonyl (C=O) groups excluding carboxylic acids is 1. The number of hydrogen-bond donors (Lipinski definition) is 0. The van der Waals surface area contributed by atoms with E-state index in [-0.39, 0.29) is 33.4 Å². The molecule has 1 atom stereocenters. The average Bonchev–Trinajstić information content (AvgIpc) is 3.41. The van der Waals surface area contributed by atoms with E-state index in [9.17, 15) is 4.79 Å². The van der Waals surface area contributed by atoms with Gasteiger partial charge in [-0.05, 0) is 0 Å². The summed E-state index contributed by atoms with van der Waals surface area (Å²) in [5, 5.41) is 0. The molecule has 2 aromatic heterocycles. The molecule has 3 aromatic rings. The second-order valence-electron chi connectivity index (χ2n) is 5.69. The van der Waals surface area contributed by atoms with Crippen LogP contribution < -0.4 is 4.46 Å². The summed E-state index contributed by atoms with van der Waals surface area (Å²) in [5.41, 5.74) is 0.866. The quantitative estimate of drug-likeness (QED) is 0.443. The molecule has 0 fully saturated rings. The Kier molecular flexibility index (Phi) is 4.55. The number of benzene rings is 1. The summed E-state index contributed by atoms with van der Waals surface area (Å²) in [4.78, 5) is 25.6. The molecule has 1 aliphatic heterocycles. The molecule has 0 saturated heterocycles. The van der Waals surface area contributed by atoms with Crippen molar-refractivity contribution in [2.24, 2.45) is 4.99 Å². The predicted molar refractivity (Wildman–Crippen MR) is 95.8 cm³/mol. The van der Waals surface area contributed by atoms with E-state index in [0.29, 0.717) is 17.3 Å². The average molecular weight is 432 g/mol. The molecule has 0 bridgehead atoms. The number of esters is 1. The number of aryl methyl sites for hydroxylation is 1. The molecule has 1 unspecified atom stereocenters. The SMILES string of the molecule is COC(=O)C1([Se]c2ccccc2)COC(c2coc(-c3coc(C)n3)n2)=N1. The van der Waals surface area contributed by atoms with Crippen molar-refractivity contribution in [3.63, 3.8) is 0 Å². The van der Waals surface area contributed by atoms with E-state index < -0.39 is 10.4 Å². The summed E-state index contributed by atoms with van der Waals surface area (Å²) >= 11 is -0.321. The Labute approximate surface area is 160 Å². The molecule has 3 heterocycles. The van der Waals surface area contributed by atoms with Crippen molar-refractivity contribution >= 4 is 31.3 Å². The predicted octanol–water partition coefficient (Wildman–Crippen LogP) is 1.31. The fraction of sp³-hybridized carbons (Fsp3) is 0.222. The second kappa shape index (κ2) is 7.02. The molecule has 1 aromatic carbocycles. The summed E-state index contributed by atoms with van der Waals surface area (Å²) in [6.07, 6.45) is 2.88. The molecule has 0 radical (unpaired) electrons. The van der Waals surface area contributed by atoms with Crippen LogP contribution in [0.3, 0.4) is 0 Å². The maximum atomic E-state index is 12.5. The Hall–Kier alpha value is -2.90. The van der Waals surface area contributed by atoms with Crippen molar-refractivity contribution in [2.75, 3.05) is 13.7 Å². The van der Waals surface area contributed by atoms with Crippen LogP contribution in [-0.4, -0.2) is 54.9 Å². The van der Waals surface area contributed by atoms with Crippen molar-refractivity contribution in [1.29, 1.82) is 0 Å². The van der Waals surface area contributed by atoms with Crippen LogP contribution in [-0.2, 0) is 14.3 Å². The third-order valence-electron chi connectivity index (χ3n) is 3.78. The van der Waals surface area contributed by atoms with Gasteiger partial charge in [-0.3, -0.25) is 0 Å². The van der Waals surface area contributed by atoms with Crippen LogP contribution in [0.4, 0.5) is 0 Å². The molecule has 1 aliphatic rings. The van der Waals surface area contributed by atoms with Gasteiger partial charge in [-0.1, -0.05) is 0 Å². The van der Waals surface area contributed by atoms with Gasteiger partial charge in [0.25, 0.3) is 0 Å².